The molecule has 3 aromatic rings. The molecule has 3 aromatic carbocycles. The average Bonchev–Trinajstić information content (AvgIpc) is 3.15. The minimum Gasteiger partial charge on any atom is -0.357 e. The Bertz CT molecular complexity index is 1330. The van der Waals surface area contributed by atoms with E-state index in [0.717, 1.165) is 16.7 Å². The lowest BCUT2D eigenvalue weighted by molar-refractivity contribution is 0.0874. The largest absolute Gasteiger partial charge is 0.357 e. The van der Waals surface area contributed by atoms with Gasteiger partial charge >= 0.3 is 0 Å². The first kappa shape index (κ1) is 20.7. The minimum absolute atomic E-state index is 0.175. The summed E-state index contributed by atoms with van der Waals surface area (Å²) in [5.74, 6) is -1.37. The summed E-state index contributed by atoms with van der Waals surface area (Å²) in [6, 6.07) is 23.8. The molecule has 2 aliphatic heterocycles. The Kier molecular flexibility index (Phi) is 4.84. The van der Waals surface area contributed by atoms with Crippen LogP contribution in [0.25, 0.3) is 6.08 Å². The number of nitriles is 2. The fraction of sp³-hybridized carbons (Fsp3) is 0.179. The predicted octanol–water partition coefficient (Wildman–Crippen LogP) is 5.54. The van der Waals surface area contributed by atoms with Crippen LogP contribution in [0.1, 0.15) is 44.6 Å². The summed E-state index contributed by atoms with van der Waals surface area (Å²) in [6.07, 6.45) is 3.73. The number of fused-ring (bicyclic) bond motifs is 3. The Morgan fingerprint density at radius 2 is 1.64 bits per heavy atom. The molecule has 160 valence electrons. The standard InChI is InChI=1S/C28H20FN3O/c1-18-6-8-21(9-7-18)26(33)25-24(20-10-12-22(29)13-11-20)28(16-30,17-31)27-23-5-3-2-4-19(23)14-15-32(25)27/h2-15,24-25,27H,1H3/t24-,25+,27+/m1/s1. The number of benzene rings is 3. The zero-order valence-corrected chi connectivity index (χ0v) is 17.9. The van der Waals surface area contributed by atoms with Crippen molar-refractivity contribution in [2.45, 2.75) is 24.9 Å². The van der Waals surface area contributed by atoms with Gasteiger partial charge in [0.2, 0.25) is 0 Å². The van der Waals surface area contributed by atoms with Crippen molar-refractivity contribution in [3.8, 4) is 12.1 Å². The number of Topliss-reactive ketones (excluding diaryl/α,β-unsaturated/α-hetero) is 1. The normalized spacial score (nSPS) is 22.1. The molecule has 5 heteroatoms. The van der Waals surface area contributed by atoms with Crippen LogP contribution in [0.5, 0.6) is 0 Å². The molecule has 4 nitrogen and oxygen atoms in total. The van der Waals surface area contributed by atoms with Gasteiger partial charge in [0, 0.05) is 17.7 Å². The highest BCUT2D eigenvalue weighted by atomic mass is 19.1. The average molecular weight is 433 g/mol. The predicted molar refractivity (Wildman–Crippen MR) is 122 cm³/mol. The Balaban J connectivity index is 1.76. The first-order valence-electron chi connectivity index (χ1n) is 10.7. The summed E-state index contributed by atoms with van der Waals surface area (Å²) in [7, 11) is 0. The molecule has 0 unspecified atom stereocenters. The first-order chi connectivity index (χ1) is 16.0. The number of rotatable bonds is 3. The molecule has 33 heavy (non-hydrogen) atoms. The van der Waals surface area contributed by atoms with Crippen molar-refractivity contribution in [3.63, 3.8) is 0 Å². The van der Waals surface area contributed by atoms with Gasteiger partial charge < -0.3 is 4.90 Å². The molecule has 0 N–H and O–H groups in total. The van der Waals surface area contributed by atoms with E-state index >= 15 is 0 Å². The van der Waals surface area contributed by atoms with Crippen LogP contribution >= 0.6 is 0 Å². The van der Waals surface area contributed by atoms with Gasteiger partial charge in [0.25, 0.3) is 0 Å². The lowest BCUT2D eigenvalue weighted by Crippen LogP contribution is -2.37. The van der Waals surface area contributed by atoms with Crippen LogP contribution in [0.15, 0.2) is 79.0 Å². The Morgan fingerprint density at radius 3 is 2.30 bits per heavy atom. The molecule has 0 spiro atoms. The number of hydrogen-bond donors (Lipinski definition) is 0. The van der Waals surface area contributed by atoms with Gasteiger partial charge in [0.15, 0.2) is 11.2 Å². The van der Waals surface area contributed by atoms with E-state index in [4.69, 9.17) is 0 Å². The monoisotopic (exact) mass is 433 g/mol. The van der Waals surface area contributed by atoms with Gasteiger partial charge in [-0.05, 0) is 41.8 Å². The Morgan fingerprint density at radius 1 is 0.970 bits per heavy atom. The van der Waals surface area contributed by atoms with Gasteiger partial charge in [-0.15, -0.1) is 0 Å². The molecule has 5 rings (SSSR count). The minimum atomic E-state index is -1.55. The highest BCUT2D eigenvalue weighted by Gasteiger charge is 2.63. The van der Waals surface area contributed by atoms with Gasteiger partial charge in [0.1, 0.15) is 11.9 Å². The third-order valence-electron chi connectivity index (χ3n) is 6.78. The van der Waals surface area contributed by atoms with E-state index in [1.54, 1.807) is 24.3 Å². The molecule has 0 saturated carbocycles. The number of carbonyl (C=O) groups is 1. The van der Waals surface area contributed by atoms with Crippen LogP contribution in [-0.2, 0) is 0 Å². The third-order valence-corrected chi connectivity index (χ3v) is 6.78. The quantitative estimate of drug-likeness (QED) is 0.508. The van der Waals surface area contributed by atoms with Crippen molar-refractivity contribution < 1.29 is 9.18 Å². The zero-order valence-electron chi connectivity index (χ0n) is 17.9. The molecule has 0 amide bonds. The van der Waals surface area contributed by atoms with Crippen LogP contribution in [0.3, 0.4) is 0 Å². The van der Waals surface area contributed by atoms with E-state index in [-0.39, 0.29) is 5.78 Å². The van der Waals surface area contributed by atoms with Gasteiger partial charge in [-0.2, -0.15) is 10.5 Å². The summed E-state index contributed by atoms with van der Waals surface area (Å²) in [6.45, 7) is 1.95. The van der Waals surface area contributed by atoms with Gasteiger partial charge in [-0.1, -0.05) is 66.2 Å². The van der Waals surface area contributed by atoms with E-state index in [0.29, 0.717) is 11.1 Å². The third kappa shape index (κ3) is 3.05. The Labute approximate surface area is 191 Å². The first-order valence-corrected chi connectivity index (χ1v) is 10.7. The number of hydrogen-bond acceptors (Lipinski definition) is 4. The lowest BCUT2D eigenvalue weighted by atomic mass is 9.67. The second-order valence-electron chi connectivity index (χ2n) is 8.59. The van der Waals surface area contributed by atoms with Gasteiger partial charge in [-0.3, -0.25) is 4.79 Å². The topological polar surface area (TPSA) is 67.9 Å². The number of ketones is 1. The summed E-state index contributed by atoms with van der Waals surface area (Å²) in [4.78, 5) is 15.8. The summed E-state index contributed by atoms with van der Waals surface area (Å²) < 4.78 is 13.8. The molecular formula is C28H20FN3O. The van der Waals surface area contributed by atoms with Gasteiger partial charge in [0.05, 0.1) is 18.2 Å². The molecule has 0 aromatic heterocycles. The molecule has 2 aliphatic rings. The van der Waals surface area contributed by atoms with E-state index in [2.05, 4.69) is 12.1 Å². The summed E-state index contributed by atoms with van der Waals surface area (Å²) in [5, 5.41) is 20.9. The molecule has 0 radical (unpaired) electrons. The van der Waals surface area contributed by atoms with Crippen molar-refractivity contribution in [2.75, 3.05) is 0 Å². The summed E-state index contributed by atoms with van der Waals surface area (Å²) >= 11 is 0. The maximum absolute atomic E-state index is 13.9. The molecule has 1 saturated heterocycles. The van der Waals surface area contributed by atoms with Crippen molar-refractivity contribution in [2.24, 2.45) is 5.41 Å². The lowest BCUT2D eigenvalue weighted by Gasteiger charge is -2.34. The number of halogens is 1. The number of nitrogens with zero attached hydrogens (tertiary/aromatic N) is 3. The van der Waals surface area contributed by atoms with Crippen molar-refractivity contribution in [1.29, 1.82) is 10.5 Å². The molecule has 3 atom stereocenters. The zero-order chi connectivity index (χ0) is 23.2. The molecular weight excluding hydrogens is 413 g/mol. The van der Waals surface area contributed by atoms with Crippen LogP contribution < -0.4 is 0 Å². The van der Waals surface area contributed by atoms with Crippen molar-refractivity contribution >= 4 is 11.9 Å². The van der Waals surface area contributed by atoms with Crippen molar-refractivity contribution in [3.05, 3.63) is 113 Å². The van der Waals surface area contributed by atoms with E-state index in [9.17, 15) is 19.7 Å². The second kappa shape index (κ2) is 7.73. The van der Waals surface area contributed by atoms with Gasteiger partial charge in [-0.25, -0.2) is 4.39 Å². The van der Waals surface area contributed by atoms with Crippen LogP contribution in [0.4, 0.5) is 4.39 Å². The molecule has 2 heterocycles. The Hall–Kier alpha value is -4.22. The SMILES string of the molecule is Cc1ccc(C(=O)[C@@H]2[C@@H](c3ccc(F)cc3)C(C#N)(C#N)[C@@H]3c4ccccc4C=CN23)cc1. The fourth-order valence-electron chi connectivity index (χ4n) is 5.23. The summed E-state index contributed by atoms with van der Waals surface area (Å²) in [5.41, 5.74) is 2.31. The molecule has 0 bridgehead atoms. The van der Waals surface area contributed by atoms with E-state index in [1.807, 2.05) is 60.5 Å². The van der Waals surface area contributed by atoms with Crippen LogP contribution in [0, 0.1) is 40.8 Å². The van der Waals surface area contributed by atoms with E-state index in [1.165, 1.54) is 12.1 Å². The van der Waals surface area contributed by atoms with Crippen LogP contribution in [-0.4, -0.2) is 16.7 Å². The highest BCUT2D eigenvalue weighted by Crippen LogP contribution is 2.60. The molecule has 1 fully saturated rings. The second-order valence-corrected chi connectivity index (χ2v) is 8.59. The fourth-order valence-corrected chi connectivity index (χ4v) is 5.23. The highest BCUT2D eigenvalue weighted by molar-refractivity contribution is 6.01. The van der Waals surface area contributed by atoms with E-state index < -0.39 is 29.2 Å². The van der Waals surface area contributed by atoms with Crippen LogP contribution in [0.2, 0.25) is 0 Å². The van der Waals surface area contributed by atoms with Crippen molar-refractivity contribution in [1.82, 2.24) is 4.90 Å². The number of aryl methyl sites for hydroxylation is 1. The smallest absolute Gasteiger partial charge is 0.185 e. The number of carbonyl (C=O) groups excluding carboxylic acids is 1. The maximum Gasteiger partial charge on any atom is 0.185 e. The maximum atomic E-state index is 13.9. The molecule has 0 aliphatic carbocycles.